The first-order valence-corrected chi connectivity index (χ1v) is 5.78. The Labute approximate surface area is 93.9 Å². The van der Waals surface area contributed by atoms with E-state index >= 15 is 0 Å². The maximum Gasteiger partial charge on any atom is 0.246 e. The van der Waals surface area contributed by atoms with Gasteiger partial charge in [-0.2, -0.15) is 4.31 Å². The summed E-state index contributed by atoms with van der Waals surface area (Å²) in [5.41, 5.74) is 5.58. The molecular weight excluding hydrogens is 231 g/mol. The highest BCUT2D eigenvalue weighted by Crippen LogP contribution is 2.20. The van der Waals surface area contributed by atoms with Gasteiger partial charge in [0, 0.05) is 12.7 Å². The van der Waals surface area contributed by atoms with E-state index in [1.54, 1.807) is 0 Å². The summed E-state index contributed by atoms with van der Waals surface area (Å²) in [6.07, 6.45) is 5.00. The van der Waals surface area contributed by atoms with E-state index in [0.29, 0.717) is 0 Å². The lowest BCUT2D eigenvalue weighted by Gasteiger charge is -2.14. The third-order valence-electron chi connectivity index (χ3n) is 1.96. The zero-order valence-corrected chi connectivity index (χ0v) is 9.46. The van der Waals surface area contributed by atoms with E-state index in [1.807, 2.05) is 0 Å². The zero-order chi connectivity index (χ0) is 12.3. The summed E-state index contributed by atoms with van der Waals surface area (Å²) in [6.45, 7) is -0.128. The van der Waals surface area contributed by atoms with Crippen LogP contribution in [0, 0.1) is 18.2 Å². The molecule has 0 aromatic heterocycles. The van der Waals surface area contributed by atoms with Crippen LogP contribution in [-0.4, -0.2) is 26.3 Å². The Morgan fingerprint density at radius 1 is 1.56 bits per heavy atom. The molecule has 16 heavy (non-hydrogen) atoms. The van der Waals surface area contributed by atoms with Gasteiger partial charge < -0.3 is 5.73 Å². The predicted molar refractivity (Wildman–Crippen MR) is 59.5 cm³/mol. The second-order valence-electron chi connectivity index (χ2n) is 3.16. The van der Waals surface area contributed by atoms with Gasteiger partial charge in [0.1, 0.15) is 10.7 Å². The molecule has 1 rings (SSSR count). The topological polar surface area (TPSA) is 63.4 Å². The second-order valence-corrected chi connectivity index (χ2v) is 5.17. The number of rotatable bonds is 3. The standard InChI is InChI=1S/C10H11FN2O2S/c1-3-6-13(2)16(14,15)10-7-8(12)4-5-9(10)11/h1,4-5,7H,6,12H2,2H3. The molecule has 86 valence electrons. The summed E-state index contributed by atoms with van der Waals surface area (Å²) in [7, 11) is -2.64. The second kappa shape index (κ2) is 4.51. The molecule has 0 bridgehead atoms. The summed E-state index contributed by atoms with van der Waals surface area (Å²) in [6, 6.07) is 3.36. The SMILES string of the molecule is C#CCN(C)S(=O)(=O)c1cc(N)ccc1F. The van der Waals surface area contributed by atoms with Gasteiger partial charge >= 0.3 is 0 Å². The lowest BCUT2D eigenvalue weighted by molar-refractivity contribution is 0.492. The van der Waals surface area contributed by atoms with Gasteiger partial charge in [0.25, 0.3) is 0 Å². The monoisotopic (exact) mass is 242 g/mol. The van der Waals surface area contributed by atoms with Crippen LogP contribution in [0.2, 0.25) is 0 Å². The molecule has 0 fully saturated rings. The maximum absolute atomic E-state index is 13.4. The largest absolute Gasteiger partial charge is 0.399 e. The van der Waals surface area contributed by atoms with Gasteiger partial charge in [0.15, 0.2) is 0 Å². The Bertz CT molecular complexity index is 534. The van der Waals surface area contributed by atoms with Crippen LogP contribution < -0.4 is 5.73 Å². The molecule has 0 saturated heterocycles. The Morgan fingerprint density at radius 2 is 2.19 bits per heavy atom. The molecule has 2 N–H and O–H groups in total. The average Bonchev–Trinajstić information content (AvgIpc) is 2.22. The van der Waals surface area contributed by atoms with E-state index in [4.69, 9.17) is 12.2 Å². The van der Waals surface area contributed by atoms with Crippen molar-refractivity contribution in [2.24, 2.45) is 0 Å². The van der Waals surface area contributed by atoms with Gasteiger partial charge in [-0.3, -0.25) is 0 Å². The Hall–Kier alpha value is -1.58. The minimum Gasteiger partial charge on any atom is -0.399 e. The number of nitrogens with zero attached hydrogens (tertiary/aromatic N) is 1. The molecule has 0 aliphatic carbocycles. The van der Waals surface area contributed by atoms with Gasteiger partial charge in [-0.05, 0) is 18.2 Å². The highest BCUT2D eigenvalue weighted by atomic mass is 32.2. The van der Waals surface area contributed by atoms with Gasteiger partial charge in [0.05, 0.1) is 6.54 Å². The summed E-state index contributed by atoms with van der Waals surface area (Å²) in [5.74, 6) is 1.32. The maximum atomic E-state index is 13.4. The van der Waals surface area contributed by atoms with Gasteiger partial charge in [-0.15, -0.1) is 6.42 Å². The minimum absolute atomic E-state index is 0.128. The van der Waals surface area contributed by atoms with Crippen molar-refractivity contribution in [3.05, 3.63) is 24.0 Å². The summed E-state index contributed by atoms with van der Waals surface area (Å²) in [4.78, 5) is -0.467. The lowest BCUT2D eigenvalue weighted by atomic mass is 10.3. The van der Waals surface area contributed by atoms with Crippen LogP contribution in [0.25, 0.3) is 0 Å². The van der Waals surface area contributed by atoms with E-state index < -0.39 is 20.7 Å². The smallest absolute Gasteiger partial charge is 0.246 e. The van der Waals surface area contributed by atoms with Gasteiger partial charge in [-0.25, -0.2) is 12.8 Å². The number of benzene rings is 1. The summed E-state index contributed by atoms with van der Waals surface area (Å²) < 4.78 is 37.9. The number of hydrogen-bond donors (Lipinski definition) is 1. The number of anilines is 1. The lowest BCUT2D eigenvalue weighted by Crippen LogP contribution is -2.28. The number of halogens is 1. The molecule has 0 heterocycles. The molecule has 0 radical (unpaired) electrons. The van der Waals surface area contributed by atoms with Crippen molar-refractivity contribution in [1.29, 1.82) is 0 Å². The van der Waals surface area contributed by atoms with E-state index in [1.165, 1.54) is 13.1 Å². The molecule has 4 nitrogen and oxygen atoms in total. The summed E-state index contributed by atoms with van der Waals surface area (Å²) in [5, 5.41) is 0. The van der Waals surface area contributed by atoms with Crippen molar-refractivity contribution in [2.75, 3.05) is 19.3 Å². The normalized spacial score (nSPS) is 11.4. The Balaban J connectivity index is 3.28. The molecule has 0 spiro atoms. The highest BCUT2D eigenvalue weighted by Gasteiger charge is 2.23. The third-order valence-corrected chi connectivity index (χ3v) is 3.78. The molecule has 0 aliphatic heterocycles. The average molecular weight is 242 g/mol. The van der Waals surface area contributed by atoms with E-state index in [0.717, 1.165) is 16.4 Å². The minimum atomic E-state index is -3.92. The Kier molecular flexibility index (Phi) is 3.52. The molecule has 0 aliphatic rings. The van der Waals surface area contributed by atoms with Crippen LogP contribution >= 0.6 is 0 Å². The fraction of sp³-hybridized carbons (Fsp3) is 0.200. The first-order valence-electron chi connectivity index (χ1n) is 4.34. The fourth-order valence-corrected chi connectivity index (χ4v) is 2.28. The van der Waals surface area contributed by atoms with Crippen molar-refractivity contribution in [3.8, 4) is 12.3 Å². The van der Waals surface area contributed by atoms with Gasteiger partial charge in [0.2, 0.25) is 10.0 Å². The Morgan fingerprint density at radius 3 is 2.75 bits per heavy atom. The fourth-order valence-electron chi connectivity index (χ4n) is 1.10. The zero-order valence-electron chi connectivity index (χ0n) is 8.64. The number of sulfonamides is 1. The van der Waals surface area contributed by atoms with Crippen molar-refractivity contribution in [3.63, 3.8) is 0 Å². The molecular formula is C10H11FN2O2S. The number of nitrogen functional groups attached to an aromatic ring is 1. The third kappa shape index (κ3) is 2.32. The molecule has 0 unspecified atom stereocenters. The molecule has 0 saturated carbocycles. The van der Waals surface area contributed by atoms with Crippen LogP contribution in [0.1, 0.15) is 0 Å². The molecule has 1 aromatic rings. The van der Waals surface area contributed by atoms with Crippen molar-refractivity contribution >= 4 is 15.7 Å². The van der Waals surface area contributed by atoms with Crippen LogP contribution in [0.3, 0.4) is 0 Å². The highest BCUT2D eigenvalue weighted by molar-refractivity contribution is 7.89. The summed E-state index contributed by atoms with van der Waals surface area (Å²) >= 11 is 0. The molecule has 1 aromatic carbocycles. The van der Waals surface area contributed by atoms with Crippen LogP contribution in [0.5, 0.6) is 0 Å². The van der Waals surface area contributed by atoms with Crippen LogP contribution in [0.4, 0.5) is 10.1 Å². The van der Waals surface area contributed by atoms with E-state index in [-0.39, 0.29) is 12.2 Å². The first-order chi connectivity index (χ1) is 7.39. The quantitative estimate of drug-likeness (QED) is 0.625. The number of nitrogens with two attached hydrogens (primary N) is 1. The number of terminal acetylenes is 1. The van der Waals surface area contributed by atoms with Crippen molar-refractivity contribution in [2.45, 2.75) is 4.90 Å². The number of hydrogen-bond acceptors (Lipinski definition) is 3. The van der Waals surface area contributed by atoms with Crippen molar-refractivity contribution in [1.82, 2.24) is 4.31 Å². The van der Waals surface area contributed by atoms with Crippen LogP contribution in [0.15, 0.2) is 23.1 Å². The van der Waals surface area contributed by atoms with Gasteiger partial charge in [-0.1, -0.05) is 5.92 Å². The van der Waals surface area contributed by atoms with Crippen molar-refractivity contribution < 1.29 is 12.8 Å². The first kappa shape index (κ1) is 12.5. The van der Waals surface area contributed by atoms with Crippen LogP contribution in [-0.2, 0) is 10.0 Å². The van der Waals surface area contributed by atoms with E-state index in [2.05, 4.69) is 5.92 Å². The molecule has 0 atom stereocenters. The molecule has 6 heteroatoms. The van der Waals surface area contributed by atoms with E-state index in [9.17, 15) is 12.8 Å². The predicted octanol–water partition coefficient (Wildman–Crippen LogP) is 0.662. The molecule has 0 amide bonds.